The van der Waals surface area contributed by atoms with Crippen molar-refractivity contribution in [1.29, 1.82) is 0 Å². The Hall–Kier alpha value is -1.97. The fourth-order valence-electron chi connectivity index (χ4n) is 1.88. The SMILES string of the molecule is Cc1ccc(NC(=O)COc2ccc(I)cc2)c(OCC(F)(F)F)c1. The van der Waals surface area contributed by atoms with Crippen molar-refractivity contribution in [3.63, 3.8) is 0 Å². The number of anilines is 1. The molecule has 0 atom stereocenters. The van der Waals surface area contributed by atoms with Gasteiger partial charge in [0, 0.05) is 3.57 Å². The van der Waals surface area contributed by atoms with Gasteiger partial charge in [0.2, 0.25) is 0 Å². The van der Waals surface area contributed by atoms with Crippen molar-refractivity contribution in [2.24, 2.45) is 0 Å². The molecule has 0 saturated carbocycles. The Balaban J connectivity index is 1.98. The third-order valence-electron chi connectivity index (χ3n) is 2.99. The summed E-state index contributed by atoms with van der Waals surface area (Å²) in [6.45, 7) is 0.0115. The van der Waals surface area contributed by atoms with Crippen LogP contribution >= 0.6 is 22.6 Å². The van der Waals surface area contributed by atoms with Gasteiger partial charge in [-0.15, -0.1) is 0 Å². The summed E-state index contributed by atoms with van der Waals surface area (Å²) in [6.07, 6.45) is -4.46. The highest BCUT2D eigenvalue weighted by Gasteiger charge is 2.29. The Morgan fingerprint density at radius 1 is 1.12 bits per heavy atom. The number of benzene rings is 2. The van der Waals surface area contributed by atoms with Gasteiger partial charge in [0.15, 0.2) is 13.2 Å². The molecule has 0 bridgehead atoms. The topological polar surface area (TPSA) is 47.6 Å². The van der Waals surface area contributed by atoms with E-state index in [0.717, 1.165) is 3.57 Å². The molecule has 0 aliphatic carbocycles. The van der Waals surface area contributed by atoms with Gasteiger partial charge in [0.1, 0.15) is 11.5 Å². The van der Waals surface area contributed by atoms with Crippen LogP contribution in [0.25, 0.3) is 0 Å². The van der Waals surface area contributed by atoms with Crippen molar-refractivity contribution >= 4 is 34.2 Å². The highest BCUT2D eigenvalue weighted by molar-refractivity contribution is 14.1. The van der Waals surface area contributed by atoms with Crippen LogP contribution in [0.5, 0.6) is 11.5 Å². The summed E-state index contributed by atoms with van der Waals surface area (Å²) >= 11 is 2.14. The van der Waals surface area contributed by atoms with Crippen molar-refractivity contribution < 1.29 is 27.4 Å². The first-order valence-corrected chi connectivity index (χ1v) is 8.29. The number of carbonyl (C=O) groups is 1. The lowest BCUT2D eigenvalue weighted by Crippen LogP contribution is -2.22. The maximum absolute atomic E-state index is 12.3. The molecule has 4 nitrogen and oxygen atoms in total. The summed E-state index contributed by atoms with van der Waals surface area (Å²) in [5.74, 6) is -0.0211. The predicted octanol–water partition coefficient (Wildman–Crippen LogP) is 4.56. The molecule has 0 radical (unpaired) electrons. The number of hydrogen-bond donors (Lipinski definition) is 1. The van der Waals surface area contributed by atoms with Gasteiger partial charge < -0.3 is 14.8 Å². The number of amides is 1. The minimum absolute atomic E-state index is 0.0417. The number of alkyl halides is 3. The molecule has 25 heavy (non-hydrogen) atoms. The van der Waals surface area contributed by atoms with Crippen LogP contribution in [-0.4, -0.2) is 25.3 Å². The van der Waals surface area contributed by atoms with Crippen molar-refractivity contribution in [2.75, 3.05) is 18.5 Å². The lowest BCUT2D eigenvalue weighted by Gasteiger charge is -2.15. The van der Waals surface area contributed by atoms with E-state index in [4.69, 9.17) is 9.47 Å². The van der Waals surface area contributed by atoms with E-state index >= 15 is 0 Å². The Morgan fingerprint density at radius 3 is 2.44 bits per heavy atom. The van der Waals surface area contributed by atoms with Crippen LogP contribution in [0.15, 0.2) is 42.5 Å². The summed E-state index contributed by atoms with van der Waals surface area (Å²) in [7, 11) is 0. The van der Waals surface area contributed by atoms with Crippen LogP contribution in [0.3, 0.4) is 0 Å². The number of halogens is 4. The molecule has 134 valence electrons. The molecule has 2 rings (SSSR count). The summed E-state index contributed by atoms with van der Waals surface area (Å²) in [4.78, 5) is 12.0. The second kappa shape index (κ2) is 8.41. The summed E-state index contributed by atoms with van der Waals surface area (Å²) in [5, 5.41) is 2.50. The first-order valence-electron chi connectivity index (χ1n) is 7.21. The van der Waals surface area contributed by atoms with Crippen LogP contribution in [0, 0.1) is 10.5 Å². The second-order valence-corrected chi connectivity index (χ2v) is 6.44. The zero-order valence-corrected chi connectivity index (χ0v) is 15.3. The minimum Gasteiger partial charge on any atom is -0.484 e. The standard InChI is InChI=1S/C17H15F3INO3/c1-11-2-7-14(15(8-11)25-10-17(18,19)20)22-16(23)9-24-13-5-3-12(21)4-6-13/h2-8H,9-10H2,1H3,(H,22,23). The monoisotopic (exact) mass is 465 g/mol. The van der Waals surface area contributed by atoms with Gasteiger partial charge in [-0.1, -0.05) is 6.07 Å². The van der Waals surface area contributed by atoms with Crippen molar-refractivity contribution in [1.82, 2.24) is 0 Å². The fourth-order valence-corrected chi connectivity index (χ4v) is 2.24. The van der Waals surface area contributed by atoms with Crippen LogP contribution in [0.1, 0.15) is 5.56 Å². The van der Waals surface area contributed by atoms with E-state index in [1.54, 1.807) is 25.1 Å². The highest BCUT2D eigenvalue weighted by atomic mass is 127. The van der Waals surface area contributed by atoms with Crippen LogP contribution < -0.4 is 14.8 Å². The third-order valence-corrected chi connectivity index (χ3v) is 3.71. The maximum atomic E-state index is 12.3. The van der Waals surface area contributed by atoms with Gasteiger partial charge in [0.25, 0.3) is 5.91 Å². The molecule has 2 aromatic carbocycles. The minimum atomic E-state index is -4.46. The zero-order valence-electron chi connectivity index (χ0n) is 13.2. The lowest BCUT2D eigenvalue weighted by atomic mass is 10.2. The summed E-state index contributed by atoms with van der Waals surface area (Å²) in [5.41, 5.74) is 0.872. The van der Waals surface area contributed by atoms with Crippen molar-refractivity contribution in [2.45, 2.75) is 13.1 Å². The molecule has 1 amide bonds. The molecule has 0 saturated heterocycles. The molecule has 0 heterocycles. The number of aryl methyl sites for hydroxylation is 1. The first-order chi connectivity index (χ1) is 11.7. The molecule has 0 fully saturated rings. The Morgan fingerprint density at radius 2 is 1.80 bits per heavy atom. The Kier molecular flexibility index (Phi) is 6.51. The number of nitrogens with one attached hydrogen (secondary N) is 1. The normalized spacial score (nSPS) is 11.1. The maximum Gasteiger partial charge on any atom is 0.422 e. The van der Waals surface area contributed by atoms with Gasteiger partial charge >= 0.3 is 6.18 Å². The Bertz CT molecular complexity index is 733. The molecule has 8 heteroatoms. The smallest absolute Gasteiger partial charge is 0.422 e. The van der Waals surface area contributed by atoms with E-state index in [9.17, 15) is 18.0 Å². The predicted molar refractivity (Wildman–Crippen MR) is 96.0 cm³/mol. The quantitative estimate of drug-likeness (QED) is 0.637. The molecule has 0 spiro atoms. The molecule has 0 aliphatic rings. The van der Waals surface area contributed by atoms with E-state index in [1.807, 2.05) is 12.1 Å². The number of ether oxygens (including phenoxy) is 2. The van der Waals surface area contributed by atoms with Crippen molar-refractivity contribution in [3.05, 3.63) is 51.6 Å². The zero-order chi connectivity index (χ0) is 18.4. The van der Waals surface area contributed by atoms with E-state index in [-0.39, 0.29) is 18.0 Å². The molecule has 0 aliphatic heterocycles. The van der Waals surface area contributed by atoms with E-state index in [0.29, 0.717) is 11.3 Å². The van der Waals surface area contributed by atoms with Crippen LogP contribution in [0.4, 0.5) is 18.9 Å². The van der Waals surface area contributed by atoms with Gasteiger partial charge in [-0.25, -0.2) is 0 Å². The molecular formula is C17H15F3INO3. The molecule has 1 N–H and O–H groups in total. The largest absolute Gasteiger partial charge is 0.484 e. The van der Waals surface area contributed by atoms with Crippen molar-refractivity contribution in [3.8, 4) is 11.5 Å². The van der Waals surface area contributed by atoms with Gasteiger partial charge in [-0.2, -0.15) is 13.2 Å². The molecular weight excluding hydrogens is 450 g/mol. The Labute approximate surface area is 156 Å². The molecule has 0 aromatic heterocycles. The van der Waals surface area contributed by atoms with E-state index < -0.39 is 18.7 Å². The summed E-state index contributed by atoms with van der Waals surface area (Å²) in [6, 6.07) is 11.7. The van der Waals surface area contributed by atoms with Gasteiger partial charge in [-0.3, -0.25) is 4.79 Å². The number of rotatable bonds is 6. The highest BCUT2D eigenvalue weighted by Crippen LogP contribution is 2.28. The first kappa shape index (κ1) is 19.4. The number of hydrogen-bond acceptors (Lipinski definition) is 3. The number of carbonyl (C=O) groups excluding carboxylic acids is 1. The third kappa shape index (κ3) is 6.81. The van der Waals surface area contributed by atoms with Crippen LogP contribution in [0.2, 0.25) is 0 Å². The second-order valence-electron chi connectivity index (χ2n) is 5.19. The lowest BCUT2D eigenvalue weighted by molar-refractivity contribution is -0.153. The van der Waals surface area contributed by atoms with Crippen LogP contribution in [-0.2, 0) is 4.79 Å². The van der Waals surface area contributed by atoms with Gasteiger partial charge in [-0.05, 0) is 71.5 Å². The van der Waals surface area contributed by atoms with E-state index in [2.05, 4.69) is 27.9 Å². The molecule has 2 aromatic rings. The van der Waals surface area contributed by atoms with Gasteiger partial charge in [0.05, 0.1) is 5.69 Å². The molecule has 0 unspecified atom stereocenters. The summed E-state index contributed by atoms with van der Waals surface area (Å²) < 4.78 is 48.2. The van der Waals surface area contributed by atoms with E-state index in [1.165, 1.54) is 12.1 Å². The average Bonchev–Trinajstić information content (AvgIpc) is 2.54. The average molecular weight is 465 g/mol. The fraction of sp³-hybridized carbons (Fsp3) is 0.235.